The largest absolute Gasteiger partial charge is 0.481 e. The normalized spacial score (nSPS) is 32.5. The Labute approximate surface area is 112 Å². The van der Waals surface area contributed by atoms with Crippen LogP contribution in [-0.2, 0) is 9.59 Å². The van der Waals surface area contributed by atoms with Crippen molar-refractivity contribution in [3.63, 3.8) is 0 Å². The Balaban J connectivity index is 1.89. The Kier molecular flexibility index (Phi) is 4.54. The fourth-order valence-corrected chi connectivity index (χ4v) is 4.03. The van der Waals surface area contributed by atoms with Gasteiger partial charge >= 0.3 is 5.97 Å². The molecule has 1 heterocycles. The van der Waals surface area contributed by atoms with Crippen molar-refractivity contribution in [3.05, 3.63) is 0 Å². The minimum absolute atomic E-state index is 0.0493. The van der Waals surface area contributed by atoms with Crippen LogP contribution in [0.5, 0.6) is 0 Å². The van der Waals surface area contributed by atoms with E-state index in [-0.39, 0.29) is 17.7 Å². The van der Waals surface area contributed by atoms with Gasteiger partial charge < -0.3 is 10.0 Å². The molecule has 1 unspecified atom stereocenters. The second kappa shape index (κ2) is 5.95. The highest BCUT2D eigenvalue weighted by molar-refractivity contribution is 8.00. The number of carboxylic acids is 1. The zero-order chi connectivity index (χ0) is 13.1. The number of hydrogen-bond donors (Lipinski definition) is 1. The molecule has 0 radical (unpaired) electrons. The standard InChI is InChI=1S/C13H21NO3S/c1-2-11-8-14(5-6-18-11)12(15)9-3-4-10(7-9)13(16)17/h9-11H,2-8H2,1H3,(H,16,17)/t9-,10+,11?/m1/s1. The summed E-state index contributed by atoms with van der Waals surface area (Å²) in [6.07, 6.45) is 3.03. The average Bonchev–Trinajstić information content (AvgIpc) is 2.87. The molecule has 1 saturated heterocycles. The molecule has 4 nitrogen and oxygen atoms in total. The van der Waals surface area contributed by atoms with E-state index in [9.17, 15) is 9.59 Å². The van der Waals surface area contributed by atoms with Crippen LogP contribution >= 0.6 is 11.8 Å². The summed E-state index contributed by atoms with van der Waals surface area (Å²) in [6.45, 7) is 3.82. The van der Waals surface area contributed by atoms with Crippen LogP contribution in [0.1, 0.15) is 32.6 Å². The van der Waals surface area contributed by atoms with Crippen LogP contribution in [0.4, 0.5) is 0 Å². The van der Waals surface area contributed by atoms with Crippen molar-refractivity contribution in [2.75, 3.05) is 18.8 Å². The fraction of sp³-hybridized carbons (Fsp3) is 0.846. The number of thioether (sulfide) groups is 1. The van der Waals surface area contributed by atoms with Gasteiger partial charge in [-0.3, -0.25) is 9.59 Å². The molecule has 2 rings (SSSR count). The number of aliphatic carboxylic acids is 1. The number of amides is 1. The third kappa shape index (κ3) is 2.99. The minimum atomic E-state index is -0.745. The summed E-state index contributed by atoms with van der Waals surface area (Å²) in [6, 6.07) is 0. The summed E-state index contributed by atoms with van der Waals surface area (Å²) in [5, 5.41) is 9.53. The molecule has 102 valence electrons. The van der Waals surface area contributed by atoms with Crippen molar-refractivity contribution >= 4 is 23.6 Å². The van der Waals surface area contributed by atoms with Crippen LogP contribution in [0.3, 0.4) is 0 Å². The molecule has 1 N–H and O–H groups in total. The summed E-state index contributed by atoms with van der Waals surface area (Å²) in [5.41, 5.74) is 0. The first kappa shape index (κ1) is 13.7. The summed E-state index contributed by atoms with van der Waals surface area (Å²) < 4.78 is 0. The van der Waals surface area contributed by atoms with Crippen LogP contribution < -0.4 is 0 Å². The lowest BCUT2D eigenvalue weighted by Crippen LogP contribution is -2.44. The molecule has 18 heavy (non-hydrogen) atoms. The van der Waals surface area contributed by atoms with Crippen LogP contribution in [-0.4, -0.2) is 46.0 Å². The Morgan fingerprint density at radius 2 is 2.06 bits per heavy atom. The smallest absolute Gasteiger partial charge is 0.306 e. The van der Waals surface area contributed by atoms with Crippen molar-refractivity contribution < 1.29 is 14.7 Å². The maximum atomic E-state index is 12.4. The number of nitrogens with zero attached hydrogens (tertiary/aromatic N) is 1. The zero-order valence-electron chi connectivity index (χ0n) is 10.8. The fourth-order valence-electron chi connectivity index (χ4n) is 2.85. The first-order valence-corrected chi connectivity index (χ1v) is 7.79. The number of rotatable bonds is 3. The molecule has 0 aromatic rings. The predicted octanol–water partition coefficient (Wildman–Crippen LogP) is 1.84. The molecule has 1 aliphatic heterocycles. The maximum absolute atomic E-state index is 12.4. The lowest BCUT2D eigenvalue weighted by atomic mass is 10.0. The van der Waals surface area contributed by atoms with Crippen molar-refractivity contribution in [1.29, 1.82) is 0 Å². The molecular weight excluding hydrogens is 250 g/mol. The monoisotopic (exact) mass is 271 g/mol. The lowest BCUT2D eigenvalue weighted by molar-refractivity contribution is -0.141. The van der Waals surface area contributed by atoms with Gasteiger partial charge in [0, 0.05) is 30.0 Å². The molecule has 0 spiro atoms. The molecule has 0 aromatic carbocycles. The first-order chi connectivity index (χ1) is 8.61. The topological polar surface area (TPSA) is 57.6 Å². The molecule has 2 fully saturated rings. The highest BCUT2D eigenvalue weighted by Gasteiger charge is 2.36. The number of carbonyl (C=O) groups is 2. The van der Waals surface area contributed by atoms with Gasteiger partial charge in [0.05, 0.1) is 5.92 Å². The van der Waals surface area contributed by atoms with Crippen molar-refractivity contribution in [1.82, 2.24) is 4.90 Å². The van der Waals surface area contributed by atoms with Gasteiger partial charge in [-0.2, -0.15) is 11.8 Å². The van der Waals surface area contributed by atoms with E-state index in [2.05, 4.69) is 6.92 Å². The first-order valence-electron chi connectivity index (χ1n) is 6.75. The summed E-state index contributed by atoms with van der Waals surface area (Å²) >= 11 is 1.94. The zero-order valence-corrected chi connectivity index (χ0v) is 11.6. The summed E-state index contributed by atoms with van der Waals surface area (Å²) in [7, 11) is 0. The van der Waals surface area contributed by atoms with E-state index < -0.39 is 5.97 Å². The number of carboxylic acid groups (broad SMARTS) is 1. The Bertz CT molecular complexity index is 334. The Morgan fingerprint density at radius 1 is 1.33 bits per heavy atom. The van der Waals surface area contributed by atoms with Crippen LogP contribution in [0.15, 0.2) is 0 Å². The van der Waals surface area contributed by atoms with Gasteiger partial charge in [0.2, 0.25) is 5.91 Å². The molecule has 3 atom stereocenters. The molecule has 1 aliphatic carbocycles. The van der Waals surface area contributed by atoms with E-state index in [1.807, 2.05) is 16.7 Å². The van der Waals surface area contributed by atoms with Gasteiger partial charge in [-0.15, -0.1) is 0 Å². The highest BCUT2D eigenvalue weighted by Crippen LogP contribution is 2.33. The van der Waals surface area contributed by atoms with Gasteiger partial charge in [-0.25, -0.2) is 0 Å². The van der Waals surface area contributed by atoms with E-state index in [4.69, 9.17) is 5.11 Å². The van der Waals surface area contributed by atoms with E-state index in [1.54, 1.807) is 0 Å². The number of hydrogen-bond acceptors (Lipinski definition) is 3. The van der Waals surface area contributed by atoms with E-state index in [1.165, 1.54) is 0 Å². The molecule has 1 saturated carbocycles. The minimum Gasteiger partial charge on any atom is -0.481 e. The molecular formula is C13H21NO3S. The third-order valence-electron chi connectivity index (χ3n) is 4.04. The van der Waals surface area contributed by atoms with Crippen molar-refractivity contribution in [3.8, 4) is 0 Å². The van der Waals surface area contributed by atoms with Gasteiger partial charge in [0.1, 0.15) is 0 Å². The van der Waals surface area contributed by atoms with Gasteiger partial charge in [-0.05, 0) is 25.7 Å². The highest BCUT2D eigenvalue weighted by atomic mass is 32.2. The molecule has 0 bridgehead atoms. The second-order valence-corrected chi connectivity index (χ2v) is 6.64. The van der Waals surface area contributed by atoms with Crippen LogP contribution in [0.25, 0.3) is 0 Å². The summed E-state index contributed by atoms with van der Waals surface area (Å²) in [4.78, 5) is 25.2. The molecule has 0 aromatic heterocycles. The number of carbonyl (C=O) groups excluding carboxylic acids is 1. The van der Waals surface area contributed by atoms with Crippen molar-refractivity contribution in [2.24, 2.45) is 11.8 Å². The third-order valence-corrected chi connectivity index (χ3v) is 5.41. The Hall–Kier alpha value is -0.710. The van der Waals surface area contributed by atoms with Crippen molar-refractivity contribution in [2.45, 2.75) is 37.9 Å². The SMILES string of the molecule is CCC1CN(C(=O)[C@@H]2CC[C@H](C(=O)O)C2)CCS1. The van der Waals surface area contributed by atoms with Gasteiger partial charge in [0.25, 0.3) is 0 Å². The lowest BCUT2D eigenvalue weighted by Gasteiger charge is -2.33. The average molecular weight is 271 g/mol. The predicted molar refractivity (Wildman–Crippen MR) is 71.6 cm³/mol. The van der Waals surface area contributed by atoms with E-state index >= 15 is 0 Å². The molecule has 5 heteroatoms. The van der Waals surface area contributed by atoms with Gasteiger partial charge in [0.15, 0.2) is 0 Å². The summed E-state index contributed by atoms with van der Waals surface area (Å²) in [5.74, 6) is 0.106. The Morgan fingerprint density at radius 3 is 2.67 bits per heavy atom. The van der Waals surface area contributed by atoms with Gasteiger partial charge in [-0.1, -0.05) is 6.92 Å². The van der Waals surface area contributed by atoms with E-state index in [0.29, 0.717) is 18.1 Å². The maximum Gasteiger partial charge on any atom is 0.306 e. The van der Waals surface area contributed by atoms with Crippen LogP contribution in [0, 0.1) is 11.8 Å². The van der Waals surface area contributed by atoms with E-state index in [0.717, 1.165) is 31.7 Å². The second-order valence-electron chi connectivity index (χ2n) is 5.23. The quantitative estimate of drug-likeness (QED) is 0.851. The molecule has 1 amide bonds. The molecule has 2 aliphatic rings. The van der Waals surface area contributed by atoms with Crippen LogP contribution in [0.2, 0.25) is 0 Å².